The zero-order chi connectivity index (χ0) is 35.6. The van der Waals surface area contributed by atoms with Crippen LogP contribution in [0.4, 0.5) is 0 Å². The van der Waals surface area contributed by atoms with Crippen LogP contribution in [0.15, 0.2) is 188 Å². The number of nitrogens with zero attached hydrogens (tertiary/aromatic N) is 3. The topological polar surface area (TPSA) is 38.7 Å². The van der Waals surface area contributed by atoms with Gasteiger partial charge in [0.2, 0.25) is 0 Å². The Bertz CT molecular complexity index is 3230. The molecule has 3 heteroatoms. The van der Waals surface area contributed by atoms with E-state index in [4.69, 9.17) is 15.0 Å². The summed E-state index contributed by atoms with van der Waals surface area (Å²) in [4.78, 5) is 16.3. The first-order chi connectivity index (χ1) is 26.8. The molecule has 9 aromatic carbocycles. The quantitative estimate of drug-likeness (QED) is 0.173. The molecule has 2 heterocycles. The van der Waals surface area contributed by atoms with Crippen molar-refractivity contribution in [3.05, 3.63) is 188 Å². The van der Waals surface area contributed by atoms with Crippen LogP contribution in [0, 0.1) is 0 Å². The maximum absolute atomic E-state index is 5.51. The van der Waals surface area contributed by atoms with Crippen molar-refractivity contribution >= 4 is 65.0 Å². The molecule has 2 aromatic heterocycles. The smallest absolute Gasteiger partial charge is 0.0980 e. The molecule has 0 saturated heterocycles. The lowest BCUT2D eigenvalue weighted by Crippen LogP contribution is -1.98. The zero-order valence-electron chi connectivity index (χ0n) is 29.2. The average Bonchev–Trinajstić information content (AvgIpc) is 3.26. The van der Waals surface area contributed by atoms with Gasteiger partial charge in [-0.05, 0) is 67.7 Å². The van der Waals surface area contributed by atoms with Gasteiger partial charge in [0.15, 0.2) is 0 Å². The van der Waals surface area contributed by atoms with E-state index in [1.807, 2.05) is 12.1 Å². The summed E-state index contributed by atoms with van der Waals surface area (Å²) in [7, 11) is 0. The molecule has 11 aromatic rings. The standard InChI is InChI=1S/C51H31N3/c1-3-15-32(16-4-1)48-49(33-17-5-2-6-18-33)54-51-46(53-48)30-29-43-47(51)42-25-13-14-26-45(42)52-50(43)41-24-12-7-19-35(41)34-27-28-40-38-22-9-8-20-36(38)37-21-10-11-23-39(37)44(40)31-34/h1-31H. The van der Waals surface area contributed by atoms with Gasteiger partial charge in [-0.2, -0.15) is 0 Å². The number of fused-ring (bicyclic) bond motifs is 11. The van der Waals surface area contributed by atoms with Gasteiger partial charge in [-0.3, -0.25) is 0 Å². The highest BCUT2D eigenvalue weighted by atomic mass is 14.8. The highest BCUT2D eigenvalue weighted by molar-refractivity contribution is 6.26. The summed E-state index contributed by atoms with van der Waals surface area (Å²) in [6.45, 7) is 0. The summed E-state index contributed by atoms with van der Waals surface area (Å²) >= 11 is 0. The molecule has 0 N–H and O–H groups in total. The van der Waals surface area contributed by atoms with Crippen LogP contribution >= 0.6 is 0 Å². The summed E-state index contributed by atoms with van der Waals surface area (Å²) in [6.07, 6.45) is 0. The first kappa shape index (κ1) is 30.4. The molecule has 0 bridgehead atoms. The molecule has 0 aliphatic heterocycles. The number of benzene rings is 9. The Morgan fingerprint density at radius 2 is 0.741 bits per heavy atom. The van der Waals surface area contributed by atoms with Gasteiger partial charge in [0.05, 0.1) is 33.6 Å². The summed E-state index contributed by atoms with van der Waals surface area (Å²) in [5.74, 6) is 0. The number of hydrogen-bond acceptors (Lipinski definition) is 3. The van der Waals surface area contributed by atoms with Gasteiger partial charge >= 0.3 is 0 Å². The normalized spacial score (nSPS) is 11.7. The van der Waals surface area contributed by atoms with Gasteiger partial charge in [-0.15, -0.1) is 0 Å². The van der Waals surface area contributed by atoms with Crippen molar-refractivity contribution in [3.63, 3.8) is 0 Å². The SMILES string of the molecule is c1ccc(-c2nc3ccc4c(-c5ccccc5-c5ccc6c7ccccc7c7ccccc7c6c5)nc5ccccc5c4c3nc2-c2ccccc2)cc1. The molecule has 0 aliphatic carbocycles. The Morgan fingerprint density at radius 1 is 0.259 bits per heavy atom. The predicted molar refractivity (Wildman–Crippen MR) is 227 cm³/mol. The van der Waals surface area contributed by atoms with E-state index >= 15 is 0 Å². The molecule has 0 amide bonds. The van der Waals surface area contributed by atoms with E-state index in [9.17, 15) is 0 Å². The van der Waals surface area contributed by atoms with Gasteiger partial charge in [0.25, 0.3) is 0 Å². The van der Waals surface area contributed by atoms with Crippen LogP contribution in [0.5, 0.6) is 0 Å². The molecule has 0 unspecified atom stereocenters. The van der Waals surface area contributed by atoms with Crippen molar-refractivity contribution in [2.24, 2.45) is 0 Å². The lowest BCUT2D eigenvalue weighted by molar-refractivity contribution is 1.30. The molecule has 250 valence electrons. The van der Waals surface area contributed by atoms with E-state index in [1.54, 1.807) is 0 Å². The predicted octanol–water partition coefficient (Wildman–Crippen LogP) is 13.5. The van der Waals surface area contributed by atoms with E-state index in [2.05, 4.69) is 176 Å². The second-order valence-electron chi connectivity index (χ2n) is 13.9. The monoisotopic (exact) mass is 685 g/mol. The van der Waals surface area contributed by atoms with E-state index < -0.39 is 0 Å². The fourth-order valence-electron chi connectivity index (χ4n) is 8.37. The molecule has 0 saturated carbocycles. The molecule has 54 heavy (non-hydrogen) atoms. The third-order valence-corrected chi connectivity index (χ3v) is 10.8. The first-order valence-corrected chi connectivity index (χ1v) is 18.4. The van der Waals surface area contributed by atoms with E-state index in [1.165, 1.54) is 32.3 Å². The molecule has 11 rings (SSSR count). The second-order valence-corrected chi connectivity index (χ2v) is 13.9. The molecule has 0 fully saturated rings. The van der Waals surface area contributed by atoms with E-state index in [-0.39, 0.29) is 0 Å². The highest BCUT2D eigenvalue weighted by Gasteiger charge is 2.20. The van der Waals surface area contributed by atoms with Gasteiger partial charge in [0, 0.05) is 32.8 Å². The second kappa shape index (κ2) is 12.2. The van der Waals surface area contributed by atoms with Crippen LogP contribution in [0.2, 0.25) is 0 Å². The molecule has 0 radical (unpaired) electrons. The highest BCUT2D eigenvalue weighted by Crippen LogP contribution is 2.43. The molecule has 0 aliphatic rings. The van der Waals surface area contributed by atoms with Crippen molar-refractivity contribution in [3.8, 4) is 44.9 Å². The molecular weight excluding hydrogens is 655 g/mol. The van der Waals surface area contributed by atoms with Crippen molar-refractivity contribution in [2.75, 3.05) is 0 Å². The lowest BCUT2D eigenvalue weighted by Gasteiger charge is -2.17. The minimum atomic E-state index is 0.852. The van der Waals surface area contributed by atoms with Gasteiger partial charge < -0.3 is 0 Å². The van der Waals surface area contributed by atoms with Gasteiger partial charge in [-0.1, -0.05) is 164 Å². The Morgan fingerprint density at radius 3 is 1.41 bits per heavy atom. The number of aromatic nitrogens is 3. The number of hydrogen-bond donors (Lipinski definition) is 0. The lowest BCUT2D eigenvalue weighted by atomic mass is 9.89. The Labute approximate surface area is 311 Å². The fourth-order valence-corrected chi connectivity index (χ4v) is 8.37. The maximum Gasteiger partial charge on any atom is 0.0980 e. The number of pyridine rings is 1. The van der Waals surface area contributed by atoms with Crippen molar-refractivity contribution in [1.29, 1.82) is 0 Å². The maximum atomic E-state index is 5.51. The summed E-state index contributed by atoms with van der Waals surface area (Å²) in [6, 6.07) is 66.6. The fraction of sp³-hybridized carbons (Fsp3) is 0. The van der Waals surface area contributed by atoms with Crippen LogP contribution in [0.1, 0.15) is 0 Å². The van der Waals surface area contributed by atoms with Crippen molar-refractivity contribution < 1.29 is 0 Å². The minimum Gasteiger partial charge on any atom is -0.247 e. The molecule has 0 spiro atoms. The van der Waals surface area contributed by atoms with Crippen LogP contribution in [-0.2, 0) is 0 Å². The van der Waals surface area contributed by atoms with Crippen LogP contribution in [0.3, 0.4) is 0 Å². The number of para-hydroxylation sites is 1. The summed E-state index contributed by atoms with van der Waals surface area (Å²) in [5, 5.41) is 10.7. The molecular formula is C51H31N3. The first-order valence-electron chi connectivity index (χ1n) is 18.4. The van der Waals surface area contributed by atoms with Crippen molar-refractivity contribution in [1.82, 2.24) is 15.0 Å². The Kier molecular flexibility index (Phi) is 6.86. The molecule has 3 nitrogen and oxygen atoms in total. The summed E-state index contributed by atoms with van der Waals surface area (Å²) in [5.41, 5.74) is 10.7. The van der Waals surface area contributed by atoms with Crippen LogP contribution in [0.25, 0.3) is 110 Å². The van der Waals surface area contributed by atoms with Crippen LogP contribution in [-0.4, -0.2) is 15.0 Å². The van der Waals surface area contributed by atoms with Crippen molar-refractivity contribution in [2.45, 2.75) is 0 Å². The molecule has 0 atom stereocenters. The summed E-state index contributed by atoms with van der Waals surface area (Å²) < 4.78 is 0. The van der Waals surface area contributed by atoms with Crippen LogP contribution < -0.4 is 0 Å². The Hall–Kier alpha value is -7.23. The van der Waals surface area contributed by atoms with E-state index in [0.717, 1.165) is 77.6 Å². The largest absolute Gasteiger partial charge is 0.247 e. The average molecular weight is 686 g/mol. The number of rotatable bonds is 4. The Balaban J connectivity index is 1.19. The third kappa shape index (κ3) is 4.72. The van der Waals surface area contributed by atoms with E-state index in [0.29, 0.717) is 0 Å². The van der Waals surface area contributed by atoms with Gasteiger partial charge in [-0.25, -0.2) is 15.0 Å². The van der Waals surface area contributed by atoms with Gasteiger partial charge in [0.1, 0.15) is 0 Å². The zero-order valence-corrected chi connectivity index (χ0v) is 29.2. The minimum absolute atomic E-state index is 0.852. The third-order valence-electron chi connectivity index (χ3n) is 10.8.